The third kappa shape index (κ3) is 2.73. The van der Waals surface area contributed by atoms with Gasteiger partial charge in [0, 0.05) is 26.3 Å². The minimum atomic E-state index is -3.37. The molecule has 1 aromatic rings. The Morgan fingerprint density at radius 2 is 2.33 bits per heavy atom. The maximum atomic E-state index is 12.4. The summed E-state index contributed by atoms with van der Waals surface area (Å²) < 4.78 is 27.9. The first-order chi connectivity index (χ1) is 8.54. The van der Waals surface area contributed by atoms with E-state index in [1.807, 2.05) is 7.05 Å². The van der Waals surface area contributed by atoms with Crippen LogP contribution >= 0.6 is 0 Å². The first kappa shape index (κ1) is 13.5. The lowest BCUT2D eigenvalue weighted by Gasteiger charge is -2.31. The monoisotopic (exact) mass is 272 g/mol. The molecule has 1 N–H and O–H groups in total. The van der Waals surface area contributed by atoms with Crippen LogP contribution in [0, 0.1) is 5.92 Å². The van der Waals surface area contributed by atoms with E-state index in [4.69, 9.17) is 0 Å². The minimum absolute atomic E-state index is 0.287. The molecule has 2 rings (SSSR count). The maximum absolute atomic E-state index is 12.4. The van der Waals surface area contributed by atoms with E-state index in [-0.39, 0.29) is 4.90 Å². The first-order valence-electron chi connectivity index (χ1n) is 6.17. The van der Waals surface area contributed by atoms with E-state index in [2.05, 4.69) is 10.4 Å². The van der Waals surface area contributed by atoms with Gasteiger partial charge in [0.1, 0.15) is 4.90 Å². The summed E-state index contributed by atoms with van der Waals surface area (Å²) in [4.78, 5) is 0.287. The number of rotatable bonds is 4. The van der Waals surface area contributed by atoms with Crippen molar-refractivity contribution in [3.05, 3.63) is 12.4 Å². The number of nitrogens with one attached hydrogen (secondary N) is 1. The molecule has 2 heterocycles. The van der Waals surface area contributed by atoms with Gasteiger partial charge in [-0.2, -0.15) is 9.40 Å². The molecule has 6 nitrogen and oxygen atoms in total. The molecule has 1 aromatic heterocycles. The molecular weight excluding hydrogens is 252 g/mol. The van der Waals surface area contributed by atoms with E-state index in [0.717, 1.165) is 19.4 Å². The van der Waals surface area contributed by atoms with Gasteiger partial charge in [0.25, 0.3) is 0 Å². The highest BCUT2D eigenvalue weighted by molar-refractivity contribution is 7.89. The Morgan fingerprint density at radius 3 is 2.94 bits per heavy atom. The zero-order valence-electron chi connectivity index (χ0n) is 10.8. The van der Waals surface area contributed by atoms with Crippen molar-refractivity contribution >= 4 is 10.0 Å². The van der Waals surface area contributed by atoms with Crippen molar-refractivity contribution in [2.75, 3.05) is 26.7 Å². The highest BCUT2D eigenvalue weighted by Gasteiger charge is 2.30. The van der Waals surface area contributed by atoms with Gasteiger partial charge < -0.3 is 5.32 Å². The lowest BCUT2D eigenvalue weighted by atomic mass is 10.00. The van der Waals surface area contributed by atoms with Gasteiger partial charge >= 0.3 is 0 Å². The molecule has 7 heteroatoms. The topological polar surface area (TPSA) is 67.2 Å². The molecule has 1 saturated heterocycles. The van der Waals surface area contributed by atoms with E-state index in [0.29, 0.717) is 19.0 Å². The highest BCUT2D eigenvalue weighted by Crippen LogP contribution is 2.22. The van der Waals surface area contributed by atoms with Crippen LogP contribution in [0.25, 0.3) is 0 Å². The van der Waals surface area contributed by atoms with Crippen LogP contribution in [0.15, 0.2) is 17.3 Å². The van der Waals surface area contributed by atoms with Gasteiger partial charge in [-0.1, -0.05) is 0 Å². The van der Waals surface area contributed by atoms with Crippen LogP contribution in [-0.2, 0) is 17.1 Å². The smallest absolute Gasteiger partial charge is 0.246 e. The molecule has 0 amide bonds. The van der Waals surface area contributed by atoms with E-state index in [1.54, 1.807) is 17.5 Å². The van der Waals surface area contributed by atoms with Crippen LogP contribution in [0.2, 0.25) is 0 Å². The summed E-state index contributed by atoms with van der Waals surface area (Å²) in [5.41, 5.74) is 0. The van der Waals surface area contributed by atoms with E-state index in [1.165, 1.54) is 10.9 Å². The Hall–Kier alpha value is -0.920. The van der Waals surface area contributed by atoms with Crippen molar-refractivity contribution in [3.63, 3.8) is 0 Å². The second-order valence-electron chi connectivity index (χ2n) is 4.78. The summed E-state index contributed by atoms with van der Waals surface area (Å²) in [5, 5.41) is 7.05. The SMILES string of the molecule is CNCC1CCCN(S(=O)(=O)c2cnn(C)c2)C1. The van der Waals surface area contributed by atoms with Crippen LogP contribution < -0.4 is 5.32 Å². The Bertz CT molecular complexity index is 495. The third-order valence-electron chi connectivity index (χ3n) is 3.29. The van der Waals surface area contributed by atoms with Gasteiger partial charge in [-0.3, -0.25) is 4.68 Å². The zero-order valence-corrected chi connectivity index (χ0v) is 11.7. The van der Waals surface area contributed by atoms with Gasteiger partial charge in [0.05, 0.1) is 6.20 Å². The minimum Gasteiger partial charge on any atom is -0.319 e. The van der Waals surface area contributed by atoms with E-state index in [9.17, 15) is 8.42 Å². The Morgan fingerprint density at radius 1 is 1.56 bits per heavy atom. The van der Waals surface area contributed by atoms with E-state index >= 15 is 0 Å². The summed E-state index contributed by atoms with van der Waals surface area (Å²) >= 11 is 0. The molecule has 1 aliphatic heterocycles. The zero-order chi connectivity index (χ0) is 13.2. The molecule has 1 aliphatic rings. The molecule has 0 radical (unpaired) electrons. The van der Waals surface area contributed by atoms with Crippen molar-refractivity contribution in [1.82, 2.24) is 19.4 Å². The molecule has 0 bridgehead atoms. The average Bonchev–Trinajstić information content (AvgIpc) is 2.77. The number of hydrogen-bond donors (Lipinski definition) is 1. The number of hydrogen-bond acceptors (Lipinski definition) is 4. The van der Waals surface area contributed by atoms with Crippen molar-refractivity contribution in [3.8, 4) is 0 Å². The average molecular weight is 272 g/mol. The molecule has 1 atom stereocenters. The molecule has 0 spiro atoms. The van der Waals surface area contributed by atoms with Crippen LogP contribution in [0.5, 0.6) is 0 Å². The fraction of sp³-hybridized carbons (Fsp3) is 0.727. The Labute approximate surface area is 108 Å². The summed E-state index contributed by atoms with van der Waals surface area (Å²) in [6.07, 6.45) is 4.97. The predicted octanol–water partition coefficient (Wildman–Crippen LogP) is 0.0402. The number of aromatic nitrogens is 2. The number of aryl methyl sites for hydroxylation is 1. The Kier molecular flexibility index (Phi) is 4.04. The van der Waals surface area contributed by atoms with Crippen molar-refractivity contribution in [2.45, 2.75) is 17.7 Å². The van der Waals surface area contributed by atoms with Crippen LogP contribution in [0.1, 0.15) is 12.8 Å². The predicted molar refractivity (Wildman–Crippen MR) is 68.6 cm³/mol. The summed E-state index contributed by atoms with van der Waals surface area (Å²) in [6, 6.07) is 0. The van der Waals surface area contributed by atoms with Gasteiger partial charge in [0.15, 0.2) is 0 Å². The first-order valence-corrected chi connectivity index (χ1v) is 7.61. The van der Waals surface area contributed by atoms with Crippen molar-refractivity contribution in [2.24, 2.45) is 13.0 Å². The molecule has 0 aliphatic carbocycles. The second kappa shape index (κ2) is 5.38. The fourth-order valence-electron chi connectivity index (χ4n) is 2.38. The maximum Gasteiger partial charge on any atom is 0.246 e. The quantitative estimate of drug-likeness (QED) is 0.840. The van der Waals surface area contributed by atoms with Crippen molar-refractivity contribution in [1.29, 1.82) is 0 Å². The van der Waals surface area contributed by atoms with Gasteiger partial charge in [-0.05, 0) is 32.4 Å². The summed E-state index contributed by atoms with van der Waals surface area (Å²) in [6.45, 7) is 2.06. The summed E-state index contributed by atoms with van der Waals surface area (Å²) in [5.74, 6) is 0.398. The molecule has 102 valence electrons. The number of piperidine rings is 1. The second-order valence-corrected chi connectivity index (χ2v) is 6.72. The number of sulfonamides is 1. The third-order valence-corrected chi connectivity index (χ3v) is 5.11. The van der Waals surface area contributed by atoms with E-state index < -0.39 is 10.0 Å². The van der Waals surface area contributed by atoms with Crippen LogP contribution in [-0.4, -0.2) is 49.2 Å². The largest absolute Gasteiger partial charge is 0.319 e. The lowest BCUT2D eigenvalue weighted by Crippen LogP contribution is -2.42. The van der Waals surface area contributed by atoms with Gasteiger partial charge in [-0.25, -0.2) is 8.42 Å². The molecule has 18 heavy (non-hydrogen) atoms. The van der Waals surface area contributed by atoms with Gasteiger partial charge in [0.2, 0.25) is 10.0 Å². The Balaban J connectivity index is 2.15. The molecule has 1 fully saturated rings. The van der Waals surface area contributed by atoms with Gasteiger partial charge in [-0.15, -0.1) is 0 Å². The fourth-order valence-corrected chi connectivity index (χ4v) is 3.92. The lowest BCUT2D eigenvalue weighted by molar-refractivity contribution is 0.263. The summed E-state index contributed by atoms with van der Waals surface area (Å²) in [7, 11) is 0.248. The van der Waals surface area contributed by atoms with Crippen molar-refractivity contribution < 1.29 is 8.42 Å². The molecular formula is C11H20N4O2S. The molecule has 1 unspecified atom stereocenters. The highest BCUT2D eigenvalue weighted by atomic mass is 32.2. The normalized spacial score (nSPS) is 22.2. The molecule has 0 aromatic carbocycles. The van der Waals surface area contributed by atoms with Crippen LogP contribution in [0.3, 0.4) is 0 Å². The standard InChI is InChI=1S/C11H20N4O2S/c1-12-6-10-4-3-5-15(8-10)18(16,17)11-7-13-14(2)9-11/h7,9-10,12H,3-6,8H2,1-2H3. The molecule has 0 saturated carbocycles. The number of nitrogens with zero attached hydrogens (tertiary/aromatic N) is 3. The van der Waals surface area contributed by atoms with Crippen LogP contribution in [0.4, 0.5) is 0 Å².